The van der Waals surface area contributed by atoms with Crippen LogP contribution in [0, 0.1) is 11.6 Å². The summed E-state index contributed by atoms with van der Waals surface area (Å²) in [4.78, 5) is 0. The average Bonchev–Trinajstić information content (AvgIpc) is 3.04. The molecule has 0 radical (unpaired) electrons. The van der Waals surface area contributed by atoms with E-state index in [0.717, 1.165) is 47.1 Å². The first-order valence-corrected chi connectivity index (χ1v) is 15.6. The fourth-order valence-corrected chi connectivity index (χ4v) is 4.51. The first-order valence-electron chi connectivity index (χ1n) is 15.6. The predicted molar refractivity (Wildman–Crippen MR) is 184 cm³/mol. The molecule has 3 rings (SSSR count). The van der Waals surface area contributed by atoms with Crippen molar-refractivity contribution in [2.75, 3.05) is 6.61 Å². The first-order chi connectivity index (χ1) is 22.9. The molecular formula is C39H45F5N2O2. The third-order valence-electron chi connectivity index (χ3n) is 7.30. The molecule has 0 heterocycles. The minimum atomic E-state index is -3.67. The highest BCUT2D eigenvalue weighted by molar-refractivity contribution is 5.29. The first kappa shape index (κ1) is 39.5. The summed E-state index contributed by atoms with van der Waals surface area (Å²) in [6, 6.07) is 20.0. The second-order valence-corrected chi connectivity index (χ2v) is 11.2. The third kappa shape index (κ3) is 16.3. The molecule has 9 heteroatoms. The molecule has 0 saturated heterocycles. The van der Waals surface area contributed by atoms with Crippen molar-refractivity contribution in [3.8, 4) is 0 Å². The van der Waals surface area contributed by atoms with Gasteiger partial charge < -0.3 is 14.9 Å². The van der Waals surface area contributed by atoms with Gasteiger partial charge in [0.15, 0.2) is 0 Å². The zero-order valence-corrected chi connectivity index (χ0v) is 27.6. The highest BCUT2D eigenvalue weighted by atomic mass is 19.4. The molecule has 258 valence electrons. The number of allylic oxidation sites excluding steroid dienone is 5. The molecule has 3 aromatic carbocycles. The van der Waals surface area contributed by atoms with Gasteiger partial charge in [0.25, 0.3) is 0 Å². The van der Waals surface area contributed by atoms with Crippen LogP contribution in [-0.4, -0.2) is 23.4 Å². The van der Waals surface area contributed by atoms with Crippen LogP contribution in [0.2, 0.25) is 0 Å². The van der Waals surface area contributed by atoms with Crippen molar-refractivity contribution in [3.63, 3.8) is 0 Å². The molecule has 4 nitrogen and oxygen atoms in total. The lowest BCUT2D eigenvalue weighted by molar-refractivity contribution is 0.00818. The van der Waals surface area contributed by atoms with Gasteiger partial charge in [0, 0.05) is 12.6 Å². The molecule has 3 N–H and O–H groups in total. The lowest BCUT2D eigenvalue weighted by Crippen LogP contribution is -2.25. The SMILES string of the molecule is C=C/C(=C\C=C(/C)CC)OC/C(=C/N(N)Cc1ccc(CCc2ccc(CCC(=C)O)c(F)c2)cc1)Cc1ccc(F)cc1.FC(F)F. The van der Waals surface area contributed by atoms with Gasteiger partial charge in [-0.15, -0.1) is 0 Å². The molecule has 0 atom stereocenters. The molecule has 0 fully saturated rings. The molecule has 48 heavy (non-hydrogen) atoms. The van der Waals surface area contributed by atoms with Gasteiger partial charge in [-0.3, -0.25) is 0 Å². The second kappa shape index (κ2) is 21.3. The van der Waals surface area contributed by atoms with Crippen LogP contribution < -0.4 is 5.84 Å². The molecule has 0 saturated carbocycles. The normalized spacial score (nSPS) is 12.0. The maximum Gasteiger partial charge on any atom is 0.379 e. The van der Waals surface area contributed by atoms with Crippen LogP contribution in [-0.2, 0) is 37.0 Å². The van der Waals surface area contributed by atoms with Crippen LogP contribution in [0.3, 0.4) is 0 Å². The number of hydrogen-bond donors (Lipinski definition) is 2. The number of nitrogens with zero attached hydrogens (tertiary/aromatic N) is 1. The summed E-state index contributed by atoms with van der Waals surface area (Å²) in [7, 11) is 0. The van der Waals surface area contributed by atoms with Gasteiger partial charge in [-0.1, -0.05) is 80.3 Å². The summed E-state index contributed by atoms with van der Waals surface area (Å²) in [5.41, 5.74) is 6.82. The van der Waals surface area contributed by atoms with Gasteiger partial charge in [0.05, 0.1) is 12.3 Å². The Morgan fingerprint density at radius 1 is 0.896 bits per heavy atom. The second-order valence-electron chi connectivity index (χ2n) is 11.2. The van der Waals surface area contributed by atoms with Crippen molar-refractivity contribution in [1.29, 1.82) is 0 Å². The summed E-state index contributed by atoms with van der Waals surface area (Å²) in [6.07, 6.45) is 11.3. The van der Waals surface area contributed by atoms with E-state index in [9.17, 15) is 27.1 Å². The molecule has 0 spiro atoms. The van der Waals surface area contributed by atoms with Crippen molar-refractivity contribution in [3.05, 3.63) is 166 Å². The summed E-state index contributed by atoms with van der Waals surface area (Å²) in [5.74, 6) is 6.61. The van der Waals surface area contributed by atoms with Crippen LogP contribution >= 0.6 is 0 Å². The van der Waals surface area contributed by atoms with E-state index in [-0.39, 0.29) is 17.4 Å². The van der Waals surface area contributed by atoms with Crippen LogP contribution in [0.1, 0.15) is 54.5 Å². The molecule has 0 aliphatic heterocycles. The molecule has 0 aliphatic rings. The van der Waals surface area contributed by atoms with E-state index in [4.69, 9.17) is 10.6 Å². The van der Waals surface area contributed by atoms with E-state index >= 15 is 0 Å². The summed E-state index contributed by atoms with van der Waals surface area (Å²) in [6.45, 7) is 8.62. The van der Waals surface area contributed by atoms with Crippen LogP contribution in [0.15, 0.2) is 127 Å². The maximum atomic E-state index is 14.4. The zero-order valence-electron chi connectivity index (χ0n) is 27.6. The van der Waals surface area contributed by atoms with E-state index in [0.29, 0.717) is 43.7 Å². The number of aryl methyl sites for hydroxylation is 3. The highest BCUT2D eigenvalue weighted by Crippen LogP contribution is 2.17. The lowest BCUT2D eigenvalue weighted by atomic mass is 10.0. The number of hydrogen-bond acceptors (Lipinski definition) is 4. The molecule has 0 aromatic heterocycles. The number of aliphatic hydroxyl groups is 1. The number of ether oxygens (including phenoxy) is 1. The quantitative estimate of drug-likeness (QED) is 0.0494. The van der Waals surface area contributed by atoms with Crippen molar-refractivity contribution >= 4 is 0 Å². The zero-order chi connectivity index (χ0) is 35.5. The van der Waals surface area contributed by atoms with E-state index in [1.54, 1.807) is 35.4 Å². The van der Waals surface area contributed by atoms with Crippen molar-refractivity contribution in [1.82, 2.24) is 5.01 Å². The van der Waals surface area contributed by atoms with Crippen LogP contribution in [0.25, 0.3) is 0 Å². The topological polar surface area (TPSA) is 58.7 Å². The van der Waals surface area contributed by atoms with Gasteiger partial charge in [-0.25, -0.2) is 14.6 Å². The number of nitrogens with two attached hydrogens (primary N) is 1. The number of rotatable bonds is 17. The van der Waals surface area contributed by atoms with E-state index < -0.39 is 6.68 Å². The Hall–Kier alpha value is -4.63. The fraction of sp³-hybridized carbons (Fsp3) is 0.282. The van der Waals surface area contributed by atoms with Crippen molar-refractivity contribution < 1.29 is 31.8 Å². The molecule has 3 aromatic rings. The largest absolute Gasteiger partial charge is 0.513 e. The highest BCUT2D eigenvalue weighted by Gasteiger charge is 2.08. The number of alkyl halides is 3. The average molecular weight is 669 g/mol. The Morgan fingerprint density at radius 3 is 2.06 bits per heavy atom. The predicted octanol–water partition coefficient (Wildman–Crippen LogP) is 10.2. The Labute approximate surface area is 281 Å². The lowest BCUT2D eigenvalue weighted by Gasteiger charge is -2.18. The van der Waals surface area contributed by atoms with E-state index in [1.165, 1.54) is 17.7 Å². The standard InChI is InChI=1S/C38H44F2N2O2.CHF3/c1-5-28(3)7-22-37(6-2)44-27-34(23-31-16-20-36(39)21-17-31)26-42(41)25-33-13-10-30(11-14-33)9-12-32-15-19-35(38(40)24-32)18-8-29(4)43;2-1(3)4/h6-7,10-11,13-17,19-22,24,26,43H,2,4-5,8-9,12,18,23,25,27,41H2,1,3H3;1H/b28-7+,34-26+,37-22+;. The molecular weight excluding hydrogens is 623 g/mol. The van der Waals surface area contributed by atoms with Gasteiger partial charge >= 0.3 is 6.68 Å². The summed E-state index contributed by atoms with van der Waals surface area (Å²) < 4.78 is 63.0. The Kier molecular flexibility index (Phi) is 17.5. The number of aliphatic hydroxyl groups excluding tert-OH is 1. The van der Waals surface area contributed by atoms with Gasteiger partial charge in [0.2, 0.25) is 0 Å². The summed E-state index contributed by atoms with van der Waals surface area (Å²) >= 11 is 0. The van der Waals surface area contributed by atoms with Crippen molar-refractivity contribution in [2.24, 2.45) is 5.84 Å². The number of hydrazine groups is 1. The van der Waals surface area contributed by atoms with E-state index in [1.807, 2.05) is 36.6 Å². The van der Waals surface area contributed by atoms with Crippen LogP contribution in [0.4, 0.5) is 22.0 Å². The number of halogens is 5. The number of benzene rings is 3. The fourth-order valence-electron chi connectivity index (χ4n) is 4.51. The monoisotopic (exact) mass is 668 g/mol. The molecule has 0 amide bonds. The van der Waals surface area contributed by atoms with Gasteiger partial charge in [-0.2, -0.15) is 13.2 Å². The Balaban J connectivity index is 0.00000189. The molecule has 0 bridgehead atoms. The van der Waals surface area contributed by atoms with Crippen molar-refractivity contribution in [2.45, 2.75) is 65.6 Å². The van der Waals surface area contributed by atoms with Gasteiger partial charge in [0.1, 0.15) is 24.0 Å². The molecule has 0 aliphatic carbocycles. The summed E-state index contributed by atoms with van der Waals surface area (Å²) in [5, 5.41) is 10.9. The maximum absolute atomic E-state index is 14.4. The third-order valence-corrected chi connectivity index (χ3v) is 7.30. The minimum Gasteiger partial charge on any atom is -0.513 e. The Bertz CT molecular complexity index is 1530. The molecule has 0 unspecified atom stereocenters. The van der Waals surface area contributed by atoms with Gasteiger partial charge in [-0.05, 0) is 103 Å². The Morgan fingerprint density at radius 2 is 1.48 bits per heavy atom. The minimum absolute atomic E-state index is 0.0609. The van der Waals surface area contributed by atoms with Crippen LogP contribution in [0.5, 0.6) is 0 Å². The van der Waals surface area contributed by atoms with E-state index in [2.05, 4.69) is 39.1 Å². The smallest absolute Gasteiger partial charge is 0.379 e.